The van der Waals surface area contributed by atoms with E-state index in [-0.39, 0.29) is 0 Å². The molecule has 2 rings (SSSR count). The highest BCUT2D eigenvalue weighted by Crippen LogP contribution is 2.17. The molecule has 4 heteroatoms. The summed E-state index contributed by atoms with van der Waals surface area (Å²) in [5.41, 5.74) is 1.16. The van der Waals surface area contributed by atoms with Gasteiger partial charge in [-0.1, -0.05) is 18.2 Å². The zero-order valence-corrected chi connectivity index (χ0v) is 10.2. The van der Waals surface area contributed by atoms with Crippen molar-refractivity contribution < 1.29 is 4.74 Å². The van der Waals surface area contributed by atoms with Crippen LogP contribution in [0.4, 0.5) is 0 Å². The number of nitrogens with zero attached hydrogens (tertiary/aromatic N) is 1. The number of hydrogen-bond donors (Lipinski definition) is 2. The van der Waals surface area contributed by atoms with E-state index in [1.54, 1.807) is 0 Å². The minimum atomic E-state index is 0.691. The number of rotatable bonds is 4. The van der Waals surface area contributed by atoms with E-state index in [9.17, 15) is 0 Å². The second kappa shape index (κ2) is 6.13. The smallest absolute Gasteiger partial charge is 0.191 e. The monoisotopic (exact) mass is 233 g/mol. The first kappa shape index (κ1) is 11.8. The van der Waals surface area contributed by atoms with Crippen LogP contribution in [0.3, 0.4) is 0 Å². The van der Waals surface area contributed by atoms with Crippen molar-refractivity contribution in [3.8, 4) is 5.75 Å². The van der Waals surface area contributed by atoms with E-state index in [1.165, 1.54) is 0 Å². The largest absolute Gasteiger partial charge is 0.494 e. The molecule has 1 aromatic carbocycles. The number of benzene rings is 1. The van der Waals surface area contributed by atoms with E-state index in [1.807, 2.05) is 25.1 Å². The van der Waals surface area contributed by atoms with Crippen molar-refractivity contribution in [1.29, 1.82) is 0 Å². The van der Waals surface area contributed by atoms with Gasteiger partial charge in [-0.3, -0.25) is 4.99 Å². The molecule has 0 saturated carbocycles. The third-order valence-electron chi connectivity index (χ3n) is 2.62. The van der Waals surface area contributed by atoms with E-state index < -0.39 is 0 Å². The zero-order chi connectivity index (χ0) is 11.9. The lowest BCUT2D eigenvalue weighted by Gasteiger charge is -2.17. The maximum absolute atomic E-state index is 5.58. The van der Waals surface area contributed by atoms with Crippen molar-refractivity contribution in [2.24, 2.45) is 4.99 Å². The molecule has 0 atom stereocenters. The Bertz CT molecular complexity index is 390. The Kier molecular flexibility index (Phi) is 4.24. The van der Waals surface area contributed by atoms with Crippen LogP contribution in [0.25, 0.3) is 0 Å². The molecule has 1 aliphatic heterocycles. The van der Waals surface area contributed by atoms with E-state index in [2.05, 4.69) is 21.7 Å². The standard InChI is InChI=1S/C13H19N3O/c1-2-17-12-7-4-3-6-11(12)10-16-13-14-8-5-9-15-13/h3-4,6-7H,2,5,8-10H2,1H3,(H2,14,15,16). The van der Waals surface area contributed by atoms with Gasteiger partial charge in [-0.2, -0.15) is 0 Å². The quantitative estimate of drug-likeness (QED) is 0.829. The predicted molar refractivity (Wildman–Crippen MR) is 69.4 cm³/mol. The van der Waals surface area contributed by atoms with Gasteiger partial charge in [0.25, 0.3) is 0 Å². The SMILES string of the molecule is CCOc1ccccc1CNC1=NCCCN1. The molecular formula is C13H19N3O. The third kappa shape index (κ3) is 3.37. The molecule has 17 heavy (non-hydrogen) atoms. The first-order valence-corrected chi connectivity index (χ1v) is 6.13. The van der Waals surface area contributed by atoms with E-state index >= 15 is 0 Å². The van der Waals surface area contributed by atoms with Crippen molar-refractivity contribution in [3.63, 3.8) is 0 Å². The molecule has 92 valence electrons. The number of para-hydroxylation sites is 1. The van der Waals surface area contributed by atoms with Gasteiger partial charge in [-0.15, -0.1) is 0 Å². The number of nitrogens with one attached hydrogen (secondary N) is 2. The van der Waals surface area contributed by atoms with Crippen LogP contribution in [0, 0.1) is 0 Å². The van der Waals surface area contributed by atoms with Crippen molar-refractivity contribution in [2.75, 3.05) is 19.7 Å². The minimum Gasteiger partial charge on any atom is -0.494 e. The van der Waals surface area contributed by atoms with E-state index in [4.69, 9.17) is 4.74 Å². The minimum absolute atomic E-state index is 0.691. The van der Waals surface area contributed by atoms with Crippen molar-refractivity contribution in [1.82, 2.24) is 10.6 Å². The lowest BCUT2D eigenvalue weighted by molar-refractivity contribution is 0.336. The van der Waals surface area contributed by atoms with Crippen LogP contribution in [0.1, 0.15) is 18.9 Å². The second-order valence-electron chi connectivity index (χ2n) is 3.90. The molecule has 0 aromatic heterocycles. The summed E-state index contributed by atoms with van der Waals surface area (Å²) in [6.07, 6.45) is 1.11. The first-order valence-electron chi connectivity index (χ1n) is 6.13. The molecule has 0 unspecified atom stereocenters. The van der Waals surface area contributed by atoms with Gasteiger partial charge in [-0.05, 0) is 19.4 Å². The fourth-order valence-corrected chi connectivity index (χ4v) is 1.78. The van der Waals surface area contributed by atoms with Gasteiger partial charge < -0.3 is 15.4 Å². The summed E-state index contributed by atoms with van der Waals surface area (Å²) in [6.45, 7) is 5.33. The molecule has 1 aliphatic rings. The van der Waals surface area contributed by atoms with Crippen LogP contribution >= 0.6 is 0 Å². The van der Waals surface area contributed by atoms with Crippen LogP contribution in [-0.4, -0.2) is 25.7 Å². The Morgan fingerprint density at radius 1 is 1.41 bits per heavy atom. The maximum atomic E-state index is 5.58. The molecular weight excluding hydrogens is 214 g/mol. The molecule has 1 heterocycles. The summed E-state index contributed by atoms with van der Waals surface area (Å²) in [5, 5.41) is 6.53. The normalized spacial score (nSPS) is 14.8. The summed E-state index contributed by atoms with van der Waals surface area (Å²) in [5.74, 6) is 1.83. The molecule has 0 spiro atoms. The zero-order valence-electron chi connectivity index (χ0n) is 10.2. The highest BCUT2D eigenvalue weighted by Gasteiger charge is 2.05. The van der Waals surface area contributed by atoms with E-state index in [0.29, 0.717) is 6.61 Å². The predicted octanol–water partition coefficient (Wildman–Crippen LogP) is 1.52. The van der Waals surface area contributed by atoms with Crippen LogP contribution in [0.15, 0.2) is 29.3 Å². The Labute approximate surface area is 102 Å². The summed E-state index contributed by atoms with van der Waals surface area (Å²) < 4.78 is 5.58. The average molecular weight is 233 g/mol. The molecule has 2 N–H and O–H groups in total. The highest BCUT2D eigenvalue weighted by atomic mass is 16.5. The fourth-order valence-electron chi connectivity index (χ4n) is 1.78. The van der Waals surface area contributed by atoms with Crippen LogP contribution in [0.2, 0.25) is 0 Å². The molecule has 0 fully saturated rings. The van der Waals surface area contributed by atoms with E-state index in [0.717, 1.165) is 43.3 Å². The van der Waals surface area contributed by atoms with Crippen molar-refractivity contribution >= 4 is 5.96 Å². The first-order chi connectivity index (χ1) is 8.40. The molecule has 0 bridgehead atoms. The van der Waals surface area contributed by atoms with Gasteiger partial charge in [0, 0.05) is 25.2 Å². The Balaban J connectivity index is 1.95. The maximum Gasteiger partial charge on any atom is 0.191 e. The summed E-state index contributed by atoms with van der Waals surface area (Å²) in [6, 6.07) is 8.08. The number of ether oxygens (including phenoxy) is 1. The van der Waals surface area contributed by atoms with Crippen molar-refractivity contribution in [3.05, 3.63) is 29.8 Å². The molecule has 0 saturated heterocycles. The topological polar surface area (TPSA) is 45.6 Å². The molecule has 0 radical (unpaired) electrons. The summed E-state index contributed by atoms with van der Waals surface area (Å²) >= 11 is 0. The Hall–Kier alpha value is -1.71. The Morgan fingerprint density at radius 3 is 3.06 bits per heavy atom. The van der Waals surface area contributed by atoms with Gasteiger partial charge in [0.1, 0.15) is 5.75 Å². The number of aliphatic imine (C=N–C) groups is 1. The number of hydrogen-bond acceptors (Lipinski definition) is 4. The van der Waals surface area contributed by atoms with Crippen LogP contribution in [0.5, 0.6) is 5.75 Å². The van der Waals surface area contributed by atoms with Gasteiger partial charge in [0.2, 0.25) is 0 Å². The van der Waals surface area contributed by atoms with Crippen molar-refractivity contribution in [2.45, 2.75) is 19.9 Å². The van der Waals surface area contributed by atoms with Crippen LogP contribution in [-0.2, 0) is 6.54 Å². The van der Waals surface area contributed by atoms with Gasteiger partial charge >= 0.3 is 0 Å². The number of guanidine groups is 1. The molecule has 4 nitrogen and oxygen atoms in total. The summed E-state index contributed by atoms with van der Waals surface area (Å²) in [4.78, 5) is 4.37. The molecule has 1 aromatic rings. The molecule has 0 amide bonds. The third-order valence-corrected chi connectivity index (χ3v) is 2.62. The second-order valence-corrected chi connectivity index (χ2v) is 3.90. The lowest BCUT2D eigenvalue weighted by Crippen LogP contribution is -2.40. The molecule has 0 aliphatic carbocycles. The van der Waals surface area contributed by atoms with Gasteiger partial charge in [-0.25, -0.2) is 0 Å². The highest BCUT2D eigenvalue weighted by molar-refractivity contribution is 5.80. The van der Waals surface area contributed by atoms with Gasteiger partial charge in [0.15, 0.2) is 5.96 Å². The van der Waals surface area contributed by atoms with Crippen LogP contribution < -0.4 is 15.4 Å². The summed E-state index contributed by atoms with van der Waals surface area (Å²) in [7, 11) is 0. The fraction of sp³-hybridized carbons (Fsp3) is 0.462. The Morgan fingerprint density at radius 2 is 2.29 bits per heavy atom. The average Bonchev–Trinajstić information content (AvgIpc) is 2.39. The van der Waals surface area contributed by atoms with Gasteiger partial charge in [0.05, 0.1) is 6.61 Å². The lowest BCUT2D eigenvalue weighted by atomic mass is 10.2.